The third kappa shape index (κ3) is 2.72. The molecule has 154 valence electrons. The van der Waals surface area contributed by atoms with E-state index in [2.05, 4.69) is 0 Å². The Hall–Kier alpha value is -2.95. The van der Waals surface area contributed by atoms with Gasteiger partial charge in [0.2, 0.25) is 5.67 Å². The number of hydrogen-bond acceptors (Lipinski definition) is 2. The molecule has 1 amide bonds. The summed E-state index contributed by atoms with van der Waals surface area (Å²) < 4.78 is 18.2. The van der Waals surface area contributed by atoms with Gasteiger partial charge in [-0.2, -0.15) is 0 Å². The van der Waals surface area contributed by atoms with E-state index in [1.165, 1.54) is 11.0 Å². The van der Waals surface area contributed by atoms with E-state index in [-0.39, 0.29) is 11.1 Å². The van der Waals surface area contributed by atoms with E-state index in [1.54, 1.807) is 36.2 Å². The lowest BCUT2D eigenvalue weighted by atomic mass is 9.88. The van der Waals surface area contributed by atoms with Crippen LogP contribution >= 0.6 is 0 Å². The van der Waals surface area contributed by atoms with Gasteiger partial charge >= 0.3 is 0 Å². The van der Waals surface area contributed by atoms with Gasteiger partial charge in [0.25, 0.3) is 11.5 Å². The molecule has 3 aromatic rings. The zero-order valence-corrected chi connectivity index (χ0v) is 17.1. The molecule has 30 heavy (non-hydrogen) atoms. The standard InChI is InChI=1S/C25H25FN2O2/c1-27-21-13-7-5-11-18(21)15-20(23(27)29)25(26)19-12-6-8-14-22(19)28(24(25)30)16-17-9-3-2-4-10-17/h5-8,11-15,17H,2-4,9-10,16H2,1H3. The number of rotatable bonds is 3. The van der Waals surface area contributed by atoms with E-state index >= 15 is 4.39 Å². The number of hydrogen-bond donors (Lipinski definition) is 0. The number of alkyl halides is 1. The molecule has 0 bridgehead atoms. The first-order chi connectivity index (χ1) is 14.5. The van der Waals surface area contributed by atoms with Crippen molar-refractivity contribution in [3.63, 3.8) is 0 Å². The highest BCUT2D eigenvalue weighted by molar-refractivity contribution is 6.09. The number of benzene rings is 2. The number of para-hydroxylation sites is 2. The van der Waals surface area contributed by atoms with E-state index in [0.29, 0.717) is 23.7 Å². The van der Waals surface area contributed by atoms with Gasteiger partial charge < -0.3 is 9.47 Å². The number of amides is 1. The molecular formula is C25H25FN2O2. The van der Waals surface area contributed by atoms with Crippen LogP contribution in [0.15, 0.2) is 59.4 Å². The largest absolute Gasteiger partial charge is 0.311 e. The Balaban J connectivity index is 1.67. The number of anilines is 1. The van der Waals surface area contributed by atoms with Crippen molar-refractivity contribution in [1.82, 2.24) is 4.57 Å². The van der Waals surface area contributed by atoms with Crippen LogP contribution in [-0.2, 0) is 17.5 Å². The van der Waals surface area contributed by atoms with E-state index < -0.39 is 17.1 Å². The van der Waals surface area contributed by atoms with Crippen molar-refractivity contribution in [2.75, 3.05) is 11.4 Å². The van der Waals surface area contributed by atoms with Crippen molar-refractivity contribution in [1.29, 1.82) is 0 Å². The first-order valence-electron chi connectivity index (χ1n) is 10.7. The summed E-state index contributed by atoms with van der Waals surface area (Å²) >= 11 is 0. The van der Waals surface area contributed by atoms with Crippen molar-refractivity contribution >= 4 is 22.5 Å². The molecule has 2 aliphatic rings. The van der Waals surface area contributed by atoms with E-state index in [0.717, 1.165) is 31.1 Å². The van der Waals surface area contributed by atoms with Crippen molar-refractivity contribution in [2.24, 2.45) is 13.0 Å². The number of carbonyl (C=O) groups is 1. The van der Waals surface area contributed by atoms with Gasteiger partial charge in [0.1, 0.15) is 0 Å². The Morgan fingerprint density at radius 2 is 1.67 bits per heavy atom. The quantitative estimate of drug-likeness (QED) is 0.636. The van der Waals surface area contributed by atoms with Gasteiger partial charge in [-0.1, -0.05) is 55.7 Å². The third-order valence-electron chi connectivity index (χ3n) is 6.78. The first-order valence-corrected chi connectivity index (χ1v) is 10.7. The van der Waals surface area contributed by atoms with E-state index in [4.69, 9.17) is 0 Å². The first kappa shape index (κ1) is 19.0. The Kier molecular flexibility index (Phi) is 4.49. The molecule has 1 aliphatic heterocycles. The molecule has 0 spiro atoms. The van der Waals surface area contributed by atoms with Gasteiger partial charge in [0.05, 0.1) is 16.8 Å². The van der Waals surface area contributed by atoms with Gasteiger partial charge in [-0.3, -0.25) is 9.59 Å². The minimum absolute atomic E-state index is 0.104. The molecule has 0 N–H and O–H groups in total. The van der Waals surface area contributed by atoms with Crippen molar-refractivity contribution in [3.05, 3.63) is 76.1 Å². The maximum Gasteiger partial charge on any atom is 0.274 e. The molecule has 0 saturated heterocycles. The van der Waals surface area contributed by atoms with Crippen LogP contribution in [0, 0.1) is 5.92 Å². The number of pyridine rings is 1. The number of nitrogens with zero attached hydrogens (tertiary/aromatic N) is 2. The van der Waals surface area contributed by atoms with Crippen LogP contribution in [0.1, 0.15) is 43.2 Å². The molecule has 2 heterocycles. The predicted molar refractivity (Wildman–Crippen MR) is 116 cm³/mol. The summed E-state index contributed by atoms with van der Waals surface area (Å²) in [6.45, 7) is 0.509. The van der Waals surface area contributed by atoms with Crippen LogP contribution in [0.5, 0.6) is 0 Å². The lowest BCUT2D eigenvalue weighted by Gasteiger charge is -2.28. The minimum atomic E-state index is -2.47. The molecule has 1 fully saturated rings. The normalized spacial score (nSPS) is 21.9. The second-order valence-corrected chi connectivity index (χ2v) is 8.58. The van der Waals surface area contributed by atoms with Crippen molar-refractivity contribution in [3.8, 4) is 0 Å². The molecule has 1 aliphatic carbocycles. The number of halogens is 1. The Morgan fingerprint density at radius 1 is 0.967 bits per heavy atom. The van der Waals surface area contributed by atoms with Crippen LogP contribution in [-0.4, -0.2) is 17.0 Å². The number of fused-ring (bicyclic) bond motifs is 2. The fourth-order valence-electron chi connectivity index (χ4n) is 5.15. The SMILES string of the molecule is Cn1c(=O)c(C2(F)C(=O)N(CC3CCCCC3)c3ccccc32)cc2ccccc21. The lowest BCUT2D eigenvalue weighted by Crippen LogP contribution is -2.44. The number of carbonyl (C=O) groups excluding carboxylic acids is 1. The highest BCUT2D eigenvalue weighted by atomic mass is 19.1. The predicted octanol–water partition coefficient (Wildman–Crippen LogP) is 4.68. The van der Waals surface area contributed by atoms with Crippen molar-refractivity contribution in [2.45, 2.75) is 37.8 Å². The van der Waals surface area contributed by atoms with E-state index in [9.17, 15) is 9.59 Å². The average molecular weight is 404 g/mol. The van der Waals surface area contributed by atoms with Gasteiger partial charge in [-0.05, 0) is 42.3 Å². The smallest absolute Gasteiger partial charge is 0.274 e. The molecule has 5 rings (SSSR count). The summed E-state index contributed by atoms with van der Waals surface area (Å²) in [6, 6.07) is 15.9. The van der Waals surface area contributed by atoms with E-state index in [1.807, 2.05) is 30.3 Å². The zero-order valence-electron chi connectivity index (χ0n) is 17.1. The summed E-state index contributed by atoms with van der Waals surface area (Å²) in [5.74, 6) is -0.265. The molecule has 5 heteroatoms. The molecule has 2 aromatic carbocycles. The summed E-state index contributed by atoms with van der Waals surface area (Å²) in [5.41, 5.74) is -1.47. The maximum absolute atomic E-state index is 16.8. The Morgan fingerprint density at radius 3 is 2.47 bits per heavy atom. The number of aryl methyl sites for hydroxylation is 1. The summed E-state index contributed by atoms with van der Waals surface area (Å²) in [7, 11) is 1.63. The molecule has 1 aromatic heterocycles. The van der Waals surface area contributed by atoms with Crippen LogP contribution in [0.25, 0.3) is 10.9 Å². The maximum atomic E-state index is 16.8. The summed E-state index contributed by atoms with van der Waals surface area (Å²) in [5, 5.41) is 0.739. The Bertz CT molecular complexity index is 1200. The highest BCUT2D eigenvalue weighted by Gasteiger charge is 2.55. The molecule has 0 radical (unpaired) electrons. The fourth-order valence-corrected chi connectivity index (χ4v) is 5.15. The molecule has 1 saturated carbocycles. The number of aromatic nitrogens is 1. The van der Waals surface area contributed by atoms with Crippen LogP contribution in [0.2, 0.25) is 0 Å². The fraction of sp³-hybridized carbons (Fsp3) is 0.360. The molecule has 4 nitrogen and oxygen atoms in total. The van der Waals surface area contributed by atoms with Gasteiger partial charge in [-0.25, -0.2) is 4.39 Å². The summed E-state index contributed by atoms with van der Waals surface area (Å²) in [4.78, 5) is 28.3. The topological polar surface area (TPSA) is 42.3 Å². The second-order valence-electron chi connectivity index (χ2n) is 8.58. The highest BCUT2D eigenvalue weighted by Crippen LogP contribution is 2.47. The van der Waals surface area contributed by atoms with Crippen LogP contribution in [0.3, 0.4) is 0 Å². The monoisotopic (exact) mass is 404 g/mol. The van der Waals surface area contributed by atoms with Crippen LogP contribution in [0.4, 0.5) is 10.1 Å². The second kappa shape index (κ2) is 7.08. The van der Waals surface area contributed by atoms with Crippen LogP contribution < -0.4 is 10.5 Å². The zero-order chi connectivity index (χ0) is 20.9. The third-order valence-corrected chi connectivity index (χ3v) is 6.78. The van der Waals surface area contributed by atoms with Crippen molar-refractivity contribution < 1.29 is 9.18 Å². The minimum Gasteiger partial charge on any atom is -0.311 e. The molecule has 1 atom stereocenters. The molecular weight excluding hydrogens is 379 g/mol. The Labute approximate surface area is 174 Å². The molecule has 1 unspecified atom stereocenters. The van der Waals surface area contributed by atoms with Gasteiger partial charge in [-0.15, -0.1) is 0 Å². The average Bonchev–Trinajstić information content (AvgIpc) is 3.00. The van der Waals surface area contributed by atoms with Gasteiger partial charge in [0.15, 0.2) is 0 Å². The van der Waals surface area contributed by atoms with Gasteiger partial charge in [0, 0.05) is 19.2 Å². The lowest BCUT2D eigenvalue weighted by molar-refractivity contribution is -0.127. The summed E-state index contributed by atoms with van der Waals surface area (Å²) in [6.07, 6.45) is 5.65.